The zero-order valence-electron chi connectivity index (χ0n) is 14.4. The fourth-order valence-corrected chi connectivity index (χ4v) is 2.72. The minimum absolute atomic E-state index is 0.124. The molecular weight excluding hydrogens is 320 g/mol. The average molecular weight is 340 g/mol. The minimum Gasteiger partial charge on any atom is -0.493 e. The number of aromatic nitrogens is 1. The van der Waals surface area contributed by atoms with E-state index in [1.807, 2.05) is 49.4 Å². The largest absolute Gasteiger partial charge is 0.493 e. The van der Waals surface area contributed by atoms with E-state index in [2.05, 4.69) is 10.5 Å². The molecule has 25 heavy (non-hydrogen) atoms. The summed E-state index contributed by atoms with van der Waals surface area (Å²) < 4.78 is 15.8. The van der Waals surface area contributed by atoms with Crippen LogP contribution in [0.15, 0.2) is 47.0 Å². The average Bonchev–Trinajstić information content (AvgIpc) is 3.04. The van der Waals surface area contributed by atoms with E-state index in [1.54, 1.807) is 14.2 Å². The summed E-state index contributed by atoms with van der Waals surface area (Å²) in [6.07, 6.45) is 0.161. The number of methoxy groups -OCH3 is 2. The molecule has 6 heteroatoms. The molecule has 1 unspecified atom stereocenters. The van der Waals surface area contributed by atoms with Crippen molar-refractivity contribution in [3.8, 4) is 11.5 Å². The molecule has 1 N–H and O–H groups in total. The summed E-state index contributed by atoms with van der Waals surface area (Å²) in [6, 6.07) is 12.9. The zero-order valence-corrected chi connectivity index (χ0v) is 14.4. The third-order valence-electron chi connectivity index (χ3n) is 4.07. The SMILES string of the molecule is COc1ccc(C(C)NC(=O)Cc2noc3ccccc23)cc1OC. The van der Waals surface area contributed by atoms with Gasteiger partial charge in [-0.25, -0.2) is 0 Å². The number of carbonyl (C=O) groups is 1. The monoisotopic (exact) mass is 340 g/mol. The van der Waals surface area contributed by atoms with Crippen molar-refractivity contribution in [1.29, 1.82) is 0 Å². The van der Waals surface area contributed by atoms with Gasteiger partial charge in [0.15, 0.2) is 17.1 Å². The van der Waals surface area contributed by atoms with Gasteiger partial charge in [-0.2, -0.15) is 0 Å². The van der Waals surface area contributed by atoms with Gasteiger partial charge in [0.25, 0.3) is 0 Å². The molecular formula is C19H20N2O4. The Hall–Kier alpha value is -3.02. The maximum Gasteiger partial charge on any atom is 0.226 e. The Morgan fingerprint density at radius 2 is 1.92 bits per heavy atom. The Labute approximate surface area is 145 Å². The molecule has 0 radical (unpaired) electrons. The first-order valence-electron chi connectivity index (χ1n) is 7.97. The molecule has 0 aliphatic rings. The van der Waals surface area contributed by atoms with E-state index in [0.29, 0.717) is 22.8 Å². The van der Waals surface area contributed by atoms with Crippen LogP contribution >= 0.6 is 0 Å². The van der Waals surface area contributed by atoms with Crippen LogP contribution in [0.2, 0.25) is 0 Å². The molecule has 3 aromatic rings. The third-order valence-corrected chi connectivity index (χ3v) is 4.07. The Morgan fingerprint density at radius 3 is 2.68 bits per heavy atom. The van der Waals surface area contributed by atoms with Crippen LogP contribution in [0, 0.1) is 0 Å². The zero-order chi connectivity index (χ0) is 17.8. The molecule has 1 amide bonds. The number of ether oxygens (including phenoxy) is 2. The van der Waals surface area contributed by atoms with E-state index in [9.17, 15) is 4.79 Å². The molecule has 0 aliphatic carbocycles. The number of para-hydroxylation sites is 1. The summed E-state index contributed by atoms with van der Waals surface area (Å²) in [7, 11) is 3.17. The summed E-state index contributed by atoms with van der Waals surface area (Å²) in [5.74, 6) is 1.16. The lowest BCUT2D eigenvalue weighted by Gasteiger charge is -2.16. The van der Waals surface area contributed by atoms with Gasteiger partial charge < -0.3 is 19.3 Å². The lowest BCUT2D eigenvalue weighted by molar-refractivity contribution is -0.121. The van der Waals surface area contributed by atoms with Crippen LogP contribution in [-0.4, -0.2) is 25.3 Å². The van der Waals surface area contributed by atoms with Crippen molar-refractivity contribution in [2.75, 3.05) is 14.2 Å². The van der Waals surface area contributed by atoms with Gasteiger partial charge in [0.2, 0.25) is 5.91 Å². The molecule has 1 atom stereocenters. The molecule has 130 valence electrons. The van der Waals surface area contributed by atoms with Crippen molar-refractivity contribution in [2.24, 2.45) is 0 Å². The lowest BCUT2D eigenvalue weighted by atomic mass is 10.1. The second-order valence-electron chi connectivity index (χ2n) is 5.71. The van der Waals surface area contributed by atoms with Crippen LogP contribution in [0.1, 0.15) is 24.2 Å². The number of amides is 1. The number of nitrogens with one attached hydrogen (secondary N) is 1. The normalized spacial score (nSPS) is 12.0. The highest BCUT2D eigenvalue weighted by Crippen LogP contribution is 2.30. The summed E-state index contributed by atoms with van der Waals surface area (Å²) in [4.78, 5) is 12.4. The molecule has 0 bridgehead atoms. The Bertz CT molecular complexity index is 888. The molecule has 6 nitrogen and oxygen atoms in total. The van der Waals surface area contributed by atoms with Gasteiger partial charge in [-0.1, -0.05) is 23.4 Å². The van der Waals surface area contributed by atoms with Crippen molar-refractivity contribution in [3.05, 3.63) is 53.7 Å². The summed E-state index contributed by atoms with van der Waals surface area (Å²) >= 11 is 0. The Balaban J connectivity index is 1.70. The highest BCUT2D eigenvalue weighted by Gasteiger charge is 2.16. The Kier molecular flexibility index (Phi) is 4.88. The van der Waals surface area contributed by atoms with Crippen molar-refractivity contribution in [3.63, 3.8) is 0 Å². The quantitative estimate of drug-likeness (QED) is 0.745. The minimum atomic E-state index is -0.175. The fraction of sp³-hybridized carbons (Fsp3) is 0.263. The first-order valence-corrected chi connectivity index (χ1v) is 7.97. The molecule has 2 aromatic carbocycles. The Morgan fingerprint density at radius 1 is 1.16 bits per heavy atom. The number of fused-ring (bicyclic) bond motifs is 1. The third kappa shape index (κ3) is 3.57. The molecule has 0 spiro atoms. The van der Waals surface area contributed by atoms with Gasteiger partial charge >= 0.3 is 0 Å². The predicted molar refractivity (Wildman–Crippen MR) is 93.8 cm³/mol. The number of hydrogen-bond donors (Lipinski definition) is 1. The number of hydrogen-bond acceptors (Lipinski definition) is 5. The second-order valence-corrected chi connectivity index (χ2v) is 5.71. The van der Waals surface area contributed by atoms with E-state index in [1.165, 1.54) is 0 Å². The number of nitrogens with zero attached hydrogens (tertiary/aromatic N) is 1. The van der Waals surface area contributed by atoms with Crippen LogP contribution < -0.4 is 14.8 Å². The fourth-order valence-electron chi connectivity index (χ4n) is 2.72. The van der Waals surface area contributed by atoms with Crippen LogP contribution in [0.3, 0.4) is 0 Å². The van der Waals surface area contributed by atoms with Crippen molar-refractivity contribution in [2.45, 2.75) is 19.4 Å². The van der Waals surface area contributed by atoms with Gasteiger partial charge in [0.05, 0.1) is 26.7 Å². The molecule has 0 fully saturated rings. The van der Waals surface area contributed by atoms with Crippen LogP contribution in [-0.2, 0) is 11.2 Å². The molecule has 0 saturated heterocycles. The van der Waals surface area contributed by atoms with E-state index in [-0.39, 0.29) is 18.4 Å². The van der Waals surface area contributed by atoms with Crippen molar-refractivity contribution in [1.82, 2.24) is 10.5 Å². The van der Waals surface area contributed by atoms with Gasteiger partial charge in [0, 0.05) is 5.39 Å². The molecule has 1 heterocycles. The topological polar surface area (TPSA) is 73.6 Å². The van der Waals surface area contributed by atoms with Gasteiger partial charge in [-0.3, -0.25) is 4.79 Å². The van der Waals surface area contributed by atoms with Gasteiger partial charge in [-0.15, -0.1) is 0 Å². The van der Waals surface area contributed by atoms with Crippen molar-refractivity contribution >= 4 is 16.9 Å². The summed E-state index contributed by atoms with van der Waals surface area (Å²) in [5, 5.41) is 7.82. The van der Waals surface area contributed by atoms with E-state index >= 15 is 0 Å². The highest BCUT2D eigenvalue weighted by molar-refractivity contribution is 5.86. The maximum atomic E-state index is 12.4. The smallest absolute Gasteiger partial charge is 0.226 e. The number of benzene rings is 2. The van der Waals surface area contributed by atoms with Gasteiger partial charge in [-0.05, 0) is 36.8 Å². The lowest BCUT2D eigenvalue weighted by Crippen LogP contribution is -2.28. The molecule has 0 saturated carbocycles. The van der Waals surface area contributed by atoms with E-state index < -0.39 is 0 Å². The van der Waals surface area contributed by atoms with E-state index in [4.69, 9.17) is 14.0 Å². The summed E-state index contributed by atoms with van der Waals surface area (Å²) in [5.41, 5.74) is 2.24. The molecule has 1 aromatic heterocycles. The number of carbonyl (C=O) groups excluding carboxylic acids is 1. The van der Waals surface area contributed by atoms with Crippen molar-refractivity contribution < 1.29 is 18.8 Å². The molecule has 0 aliphatic heterocycles. The maximum absolute atomic E-state index is 12.4. The number of rotatable bonds is 6. The first-order chi connectivity index (χ1) is 12.1. The molecule has 3 rings (SSSR count). The predicted octanol–water partition coefficient (Wildman–Crippen LogP) is 3.26. The van der Waals surface area contributed by atoms with E-state index in [0.717, 1.165) is 10.9 Å². The van der Waals surface area contributed by atoms with Gasteiger partial charge in [0.1, 0.15) is 5.69 Å². The van der Waals surface area contributed by atoms with Crippen LogP contribution in [0.25, 0.3) is 11.0 Å². The second kappa shape index (κ2) is 7.25. The van der Waals surface area contributed by atoms with Crippen LogP contribution in [0.4, 0.5) is 0 Å². The highest BCUT2D eigenvalue weighted by atomic mass is 16.5. The van der Waals surface area contributed by atoms with Crippen LogP contribution in [0.5, 0.6) is 11.5 Å². The summed E-state index contributed by atoms with van der Waals surface area (Å²) in [6.45, 7) is 1.92. The first kappa shape index (κ1) is 16.8. The standard InChI is InChI=1S/C19H20N2O4/c1-12(13-8-9-17(23-2)18(10-13)24-3)20-19(22)11-15-14-6-4-5-7-16(14)25-21-15/h4-10,12H,11H2,1-3H3,(H,20,22).